The average molecular weight is 360 g/mol. The van der Waals surface area contributed by atoms with Gasteiger partial charge in [-0.05, 0) is 24.6 Å². The smallest absolute Gasteiger partial charge is 0.308 e. The quantitative estimate of drug-likeness (QED) is 0.897. The highest BCUT2D eigenvalue weighted by Crippen LogP contribution is 2.36. The fourth-order valence-electron chi connectivity index (χ4n) is 3.01. The number of carbonyl (C=O) groups is 2. The summed E-state index contributed by atoms with van der Waals surface area (Å²) in [6, 6.07) is 5.64. The van der Waals surface area contributed by atoms with Crippen LogP contribution < -0.4 is 9.47 Å². The molecule has 0 saturated carbocycles. The number of fused-ring (bicyclic) bond motifs is 1. The summed E-state index contributed by atoms with van der Waals surface area (Å²) < 4.78 is 10.7. The highest BCUT2D eigenvalue weighted by atomic mass is 32.1. The molecule has 0 aliphatic carbocycles. The van der Waals surface area contributed by atoms with Gasteiger partial charge in [0, 0.05) is 24.0 Å². The first kappa shape index (κ1) is 15.9. The van der Waals surface area contributed by atoms with Crippen molar-refractivity contribution in [2.24, 2.45) is 5.92 Å². The molecule has 2 aliphatic rings. The van der Waals surface area contributed by atoms with Crippen LogP contribution in [0.1, 0.15) is 12.1 Å². The third-order valence-corrected chi connectivity index (χ3v) is 5.33. The van der Waals surface area contributed by atoms with Crippen molar-refractivity contribution in [3.63, 3.8) is 0 Å². The number of thiazole rings is 1. The van der Waals surface area contributed by atoms with Crippen molar-refractivity contribution in [3.8, 4) is 22.1 Å². The van der Waals surface area contributed by atoms with Crippen LogP contribution in [0.3, 0.4) is 0 Å². The van der Waals surface area contributed by atoms with E-state index < -0.39 is 11.9 Å². The Morgan fingerprint density at radius 3 is 2.96 bits per heavy atom. The number of hydrogen-bond acceptors (Lipinski definition) is 6. The molecule has 25 heavy (non-hydrogen) atoms. The fourth-order valence-corrected chi connectivity index (χ4v) is 3.82. The minimum absolute atomic E-state index is 0.0775. The molecular weight excluding hydrogens is 344 g/mol. The Morgan fingerprint density at radius 2 is 2.16 bits per heavy atom. The fraction of sp³-hybridized carbons (Fsp3) is 0.353. The lowest BCUT2D eigenvalue weighted by atomic mass is 10.1. The number of carboxylic acids is 1. The zero-order valence-corrected chi connectivity index (χ0v) is 14.1. The average Bonchev–Trinajstić information content (AvgIpc) is 3.33. The summed E-state index contributed by atoms with van der Waals surface area (Å²) in [5.41, 5.74) is 1.61. The lowest BCUT2D eigenvalue weighted by Crippen LogP contribution is -2.31. The van der Waals surface area contributed by atoms with E-state index in [0.29, 0.717) is 24.4 Å². The Kier molecular flexibility index (Phi) is 4.04. The maximum atomic E-state index is 12.3. The number of carbonyl (C=O) groups excluding carboxylic acids is 1. The van der Waals surface area contributed by atoms with Gasteiger partial charge in [0.05, 0.1) is 18.0 Å². The number of hydrogen-bond donors (Lipinski definition) is 1. The Morgan fingerprint density at radius 1 is 1.32 bits per heavy atom. The summed E-state index contributed by atoms with van der Waals surface area (Å²) in [5, 5.41) is 11.7. The first-order valence-electron chi connectivity index (χ1n) is 7.95. The SMILES string of the molecule is O=C(O)C1CCN(C(=O)Cc2csc(-c3ccc4c(c3)OCO4)n2)C1. The normalized spacial score (nSPS) is 18.6. The molecule has 1 amide bonds. The minimum Gasteiger partial charge on any atom is -0.481 e. The van der Waals surface area contributed by atoms with Gasteiger partial charge in [0.25, 0.3) is 0 Å². The lowest BCUT2D eigenvalue weighted by Gasteiger charge is -2.14. The van der Waals surface area contributed by atoms with Crippen LogP contribution in [0.5, 0.6) is 11.5 Å². The van der Waals surface area contributed by atoms with Crippen molar-refractivity contribution >= 4 is 23.2 Å². The van der Waals surface area contributed by atoms with E-state index in [4.69, 9.17) is 14.6 Å². The van der Waals surface area contributed by atoms with E-state index in [9.17, 15) is 9.59 Å². The van der Waals surface area contributed by atoms with E-state index in [0.717, 1.165) is 16.3 Å². The summed E-state index contributed by atoms with van der Waals surface area (Å²) >= 11 is 1.47. The Labute approximate surface area is 147 Å². The predicted octanol–water partition coefficient (Wildman–Crippen LogP) is 2.01. The molecule has 4 rings (SSSR count). The van der Waals surface area contributed by atoms with Gasteiger partial charge in [0.2, 0.25) is 12.7 Å². The molecule has 1 aromatic heterocycles. The number of aromatic nitrogens is 1. The molecular formula is C17H16N2O5S. The van der Waals surface area contributed by atoms with Crippen molar-refractivity contribution in [3.05, 3.63) is 29.3 Å². The second-order valence-corrected chi connectivity index (χ2v) is 6.91. The van der Waals surface area contributed by atoms with Crippen molar-refractivity contribution < 1.29 is 24.2 Å². The van der Waals surface area contributed by atoms with Crippen LogP contribution in [0.2, 0.25) is 0 Å². The van der Waals surface area contributed by atoms with Crippen LogP contribution in [0.4, 0.5) is 0 Å². The van der Waals surface area contributed by atoms with E-state index in [-0.39, 0.29) is 25.7 Å². The molecule has 2 aromatic rings. The molecule has 0 radical (unpaired) electrons. The van der Waals surface area contributed by atoms with Gasteiger partial charge in [-0.15, -0.1) is 11.3 Å². The van der Waals surface area contributed by atoms with Gasteiger partial charge in [-0.1, -0.05) is 0 Å². The lowest BCUT2D eigenvalue weighted by molar-refractivity contribution is -0.141. The first-order chi connectivity index (χ1) is 12.1. The van der Waals surface area contributed by atoms with Crippen LogP contribution in [0, 0.1) is 5.92 Å². The van der Waals surface area contributed by atoms with Gasteiger partial charge in [-0.2, -0.15) is 0 Å². The maximum Gasteiger partial charge on any atom is 0.308 e. The monoisotopic (exact) mass is 360 g/mol. The van der Waals surface area contributed by atoms with Crippen molar-refractivity contribution in [2.45, 2.75) is 12.8 Å². The number of likely N-dealkylation sites (tertiary alicyclic amines) is 1. The Hall–Kier alpha value is -2.61. The van der Waals surface area contributed by atoms with Crippen LogP contribution in [-0.2, 0) is 16.0 Å². The molecule has 0 spiro atoms. The van der Waals surface area contributed by atoms with Crippen LogP contribution in [-0.4, -0.2) is 46.7 Å². The largest absolute Gasteiger partial charge is 0.481 e. The number of amides is 1. The van der Waals surface area contributed by atoms with Crippen LogP contribution in [0.15, 0.2) is 23.6 Å². The molecule has 3 heterocycles. The van der Waals surface area contributed by atoms with Gasteiger partial charge < -0.3 is 19.5 Å². The van der Waals surface area contributed by atoms with Crippen LogP contribution in [0.25, 0.3) is 10.6 Å². The second-order valence-electron chi connectivity index (χ2n) is 6.05. The number of benzene rings is 1. The number of nitrogens with zero attached hydrogens (tertiary/aromatic N) is 2. The van der Waals surface area contributed by atoms with Crippen molar-refractivity contribution in [2.75, 3.05) is 19.9 Å². The zero-order chi connectivity index (χ0) is 17.4. The van der Waals surface area contributed by atoms with E-state index in [1.165, 1.54) is 11.3 Å². The topological polar surface area (TPSA) is 89.0 Å². The Bertz CT molecular complexity index is 834. The predicted molar refractivity (Wildman–Crippen MR) is 89.7 cm³/mol. The molecule has 8 heteroatoms. The molecule has 1 unspecified atom stereocenters. The molecule has 0 bridgehead atoms. The summed E-state index contributed by atoms with van der Waals surface area (Å²) in [6.07, 6.45) is 0.702. The van der Waals surface area contributed by atoms with Crippen LogP contribution >= 0.6 is 11.3 Å². The van der Waals surface area contributed by atoms with E-state index in [1.54, 1.807) is 4.90 Å². The van der Waals surface area contributed by atoms with E-state index in [1.807, 2.05) is 23.6 Å². The van der Waals surface area contributed by atoms with E-state index >= 15 is 0 Å². The summed E-state index contributed by atoms with van der Waals surface area (Å²) in [5.74, 6) is 0.0451. The number of aliphatic carboxylic acids is 1. The van der Waals surface area contributed by atoms with Gasteiger partial charge >= 0.3 is 5.97 Å². The summed E-state index contributed by atoms with van der Waals surface area (Å²) in [7, 11) is 0. The molecule has 1 fully saturated rings. The first-order valence-corrected chi connectivity index (χ1v) is 8.83. The number of ether oxygens (including phenoxy) is 2. The van der Waals surface area contributed by atoms with Crippen molar-refractivity contribution in [1.29, 1.82) is 0 Å². The minimum atomic E-state index is -0.839. The Balaban J connectivity index is 1.43. The van der Waals surface area contributed by atoms with Crippen molar-refractivity contribution in [1.82, 2.24) is 9.88 Å². The third kappa shape index (κ3) is 3.17. The zero-order valence-electron chi connectivity index (χ0n) is 13.3. The van der Waals surface area contributed by atoms with Gasteiger partial charge in [-0.3, -0.25) is 9.59 Å². The summed E-state index contributed by atoms with van der Waals surface area (Å²) in [6.45, 7) is 1.01. The molecule has 2 aliphatic heterocycles. The van der Waals surface area contributed by atoms with Gasteiger partial charge in [0.1, 0.15) is 5.01 Å². The molecule has 1 N–H and O–H groups in total. The second kappa shape index (κ2) is 6.36. The molecule has 1 saturated heterocycles. The molecule has 7 nitrogen and oxygen atoms in total. The molecule has 1 atom stereocenters. The third-order valence-electron chi connectivity index (χ3n) is 4.39. The highest BCUT2D eigenvalue weighted by molar-refractivity contribution is 7.13. The standard InChI is InChI=1S/C17H16N2O5S/c20-15(19-4-3-11(7-19)17(21)22)6-12-8-25-16(18-12)10-1-2-13-14(5-10)24-9-23-13/h1-2,5,8,11H,3-4,6-7,9H2,(H,21,22). The number of carboxylic acid groups (broad SMARTS) is 1. The van der Waals surface area contributed by atoms with Gasteiger partial charge in [-0.25, -0.2) is 4.98 Å². The maximum absolute atomic E-state index is 12.3. The summed E-state index contributed by atoms with van der Waals surface area (Å²) in [4.78, 5) is 29.5. The van der Waals surface area contributed by atoms with Gasteiger partial charge in [0.15, 0.2) is 11.5 Å². The number of rotatable bonds is 4. The molecule has 1 aromatic carbocycles. The van der Waals surface area contributed by atoms with E-state index in [2.05, 4.69) is 4.98 Å². The molecule has 130 valence electrons. The highest BCUT2D eigenvalue weighted by Gasteiger charge is 2.31.